The fraction of sp³-hybridized carbons (Fsp3) is 0.167. The zero-order valence-electron chi connectivity index (χ0n) is 7.47. The van der Waals surface area contributed by atoms with Crippen molar-refractivity contribution in [3.05, 3.63) is 23.4 Å². The third-order valence-corrected chi connectivity index (χ3v) is 1.03. The summed E-state index contributed by atoms with van der Waals surface area (Å²) in [5, 5.41) is 0.438. The first-order chi connectivity index (χ1) is 5.47. The van der Waals surface area contributed by atoms with E-state index in [2.05, 4.69) is 9.72 Å². The number of methoxy groups -OCH3 is 1. The third-order valence-electron chi connectivity index (χ3n) is 0.805. The Kier molecular flexibility index (Phi) is 1.02. The van der Waals surface area contributed by atoms with Crippen LogP contribution in [0, 0.1) is 0 Å². The normalized spacial score (nSPS) is 15.4. The van der Waals surface area contributed by atoms with Gasteiger partial charge in [0.05, 0.1) is 16.2 Å². The lowest BCUT2D eigenvalue weighted by molar-refractivity contribution is 0.398. The predicted molar refractivity (Wildman–Crippen MR) is 35.8 cm³/mol. The number of nitrogens with zero attached hydrogens (tertiary/aromatic N) is 1. The molecule has 0 aliphatic rings. The maximum atomic E-state index is 6.76. The molecule has 0 amide bonds. The summed E-state index contributed by atoms with van der Waals surface area (Å²) in [7, 11) is -2.46. The van der Waals surface area contributed by atoms with E-state index in [1.165, 1.54) is 18.3 Å². The van der Waals surface area contributed by atoms with Gasteiger partial charge in [0.25, 0.3) is 0 Å². The van der Waals surface area contributed by atoms with Crippen LogP contribution in [0.15, 0.2) is 18.3 Å². The van der Waals surface area contributed by atoms with Crippen molar-refractivity contribution in [1.29, 1.82) is 0 Å². The van der Waals surface area contributed by atoms with Crippen molar-refractivity contribution in [2.45, 2.75) is 0 Å². The van der Waals surface area contributed by atoms with E-state index >= 15 is 0 Å². The second-order valence-electron chi connectivity index (χ2n) is 1.42. The van der Waals surface area contributed by atoms with E-state index in [4.69, 9.17) is 15.7 Å². The molecule has 2 nitrogen and oxygen atoms in total. The van der Waals surface area contributed by atoms with Crippen LogP contribution < -0.4 is 4.74 Å². The molecule has 0 atom stereocenters. The zero-order chi connectivity index (χ0) is 9.19. The third kappa shape index (κ3) is 1.57. The molecule has 0 fully saturated rings. The summed E-state index contributed by atoms with van der Waals surface area (Å²) in [5.41, 5.74) is 0. The second-order valence-corrected chi connectivity index (χ2v) is 1.85. The molecule has 0 aliphatic carbocycles. The lowest BCUT2D eigenvalue weighted by Gasteiger charge is -1.94. The number of halogens is 1. The minimum absolute atomic E-state index is 0.0411. The molecule has 9 heavy (non-hydrogen) atoms. The molecule has 1 aromatic rings. The topological polar surface area (TPSA) is 22.1 Å². The summed E-state index contributed by atoms with van der Waals surface area (Å²) in [6.45, 7) is 0. The number of rotatable bonds is 1. The van der Waals surface area contributed by atoms with Crippen LogP contribution in [0.3, 0.4) is 0 Å². The van der Waals surface area contributed by atoms with E-state index in [1.807, 2.05) is 0 Å². The van der Waals surface area contributed by atoms with Crippen LogP contribution in [0.1, 0.15) is 4.11 Å². The van der Waals surface area contributed by atoms with Gasteiger partial charge in [-0.15, -0.1) is 0 Å². The van der Waals surface area contributed by atoms with Gasteiger partial charge in [-0.1, -0.05) is 11.6 Å². The first-order valence-electron chi connectivity index (χ1n) is 3.78. The van der Waals surface area contributed by atoms with Gasteiger partial charge in [-0.25, -0.2) is 4.98 Å². The van der Waals surface area contributed by atoms with Crippen molar-refractivity contribution in [2.24, 2.45) is 0 Å². The van der Waals surface area contributed by atoms with Crippen LogP contribution in [0.4, 0.5) is 0 Å². The molecule has 1 heterocycles. The molecule has 3 heteroatoms. The molecule has 0 aromatic carbocycles. The summed E-state index contributed by atoms with van der Waals surface area (Å²) in [5.74, 6) is 0.0411. The van der Waals surface area contributed by atoms with E-state index in [9.17, 15) is 0 Å². The Balaban J connectivity index is 2.71. The van der Waals surface area contributed by atoms with E-state index in [-0.39, 0.29) is 5.88 Å². The van der Waals surface area contributed by atoms with Crippen molar-refractivity contribution in [3.8, 4) is 5.88 Å². The van der Waals surface area contributed by atoms with E-state index in [1.54, 1.807) is 0 Å². The Hall–Kier alpha value is -0.760. The fourth-order valence-corrected chi connectivity index (χ4v) is 0.534. The Bertz CT molecular complexity index is 258. The SMILES string of the molecule is [2H]C([2H])([2H])Oc1ccc(Cl)cn1. The highest BCUT2D eigenvalue weighted by atomic mass is 35.5. The molecule has 0 spiro atoms. The van der Waals surface area contributed by atoms with Crippen molar-refractivity contribution in [1.82, 2.24) is 4.98 Å². The molecule has 0 saturated carbocycles. The molecule has 0 saturated heterocycles. The molecule has 1 rings (SSSR count). The smallest absolute Gasteiger partial charge is 0.212 e. The highest BCUT2D eigenvalue weighted by molar-refractivity contribution is 6.30. The Labute approximate surface area is 62.6 Å². The molecule has 48 valence electrons. The molecule has 0 unspecified atom stereocenters. The Morgan fingerprint density at radius 3 is 3.22 bits per heavy atom. The molecule has 0 bridgehead atoms. The van der Waals surface area contributed by atoms with Gasteiger partial charge >= 0.3 is 0 Å². The van der Waals surface area contributed by atoms with Gasteiger partial charge in [-0.05, 0) is 6.07 Å². The number of pyridine rings is 1. The first kappa shape index (κ1) is 3.42. The van der Waals surface area contributed by atoms with Crippen LogP contribution in [0.5, 0.6) is 5.88 Å². The number of hydrogen-bond acceptors (Lipinski definition) is 2. The fourth-order valence-electron chi connectivity index (χ4n) is 0.423. The van der Waals surface area contributed by atoms with Gasteiger partial charge in [0.1, 0.15) is 0 Å². The van der Waals surface area contributed by atoms with E-state index in [0.717, 1.165) is 0 Å². The monoisotopic (exact) mass is 146 g/mol. The van der Waals surface area contributed by atoms with Gasteiger partial charge in [0.15, 0.2) is 0 Å². The quantitative estimate of drug-likeness (QED) is 0.602. The predicted octanol–water partition coefficient (Wildman–Crippen LogP) is 1.74. The minimum Gasteiger partial charge on any atom is -0.481 e. The second kappa shape index (κ2) is 2.69. The van der Waals surface area contributed by atoms with Crippen LogP contribution in [-0.4, -0.2) is 12.0 Å². The maximum absolute atomic E-state index is 6.76. The molecule has 1 aromatic heterocycles. The molecular formula is C6H6ClNO. The number of ether oxygens (including phenoxy) is 1. The average molecular weight is 147 g/mol. The van der Waals surface area contributed by atoms with E-state index in [0.29, 0.717) is 5.02 Å². The van der Waals surface area contributed by atoms with Crippen LogP contribution in [0.25, 0.3) is 0 Å². The van der Waals surface area contributed by atoms with Crippen molar-refractivity contribution < 1.29 is 8.85 Å². The van der Waals surface area contributed by atoms with Crippen molar-refractivity contribution in [2.75, 3.05) is 7.04 Å². The zero-order valence-corrected chi connectivity index (χ0v) is 5.22. The number of hydrogen-bond donors (Lipinski definition) is 0. The van der Waals surface area contributed by atoms with Gasteiger partial charge in [-0.3, -0.25) is 0 Å². The highest BCUT2D eigenvalue weighted by Crippen LogP contribution is 2.09. The summed E-state index contributed by atoms with van der Waals surface area (Å²) >= 11 is 5.52. The minimum atomic E-state index is -2.46. The van der Waals surface area contributed by atoms with Crippen LogP contribution in [-0.2, 0) is 0 Å². The van der Waals surface area contributed by atoms with Crippen molar-refractivity contribution in [3.63, 3.8) is 0 Å². The van der Waals surface area contributed by atoms with Gasteiger partial charge in [-0.2, -0.15) is 0 Å². The maximum Gasteiger partial charge on any atom is 0.212 e. The average Bonchev–Trinajstić information content (AvgIpc) is 1.91. The van der Waals surface area contributed by atoms with Crippen LogP contribution >= 0.6 is 11.6 Å². The molecule has 0 N–H and O–H groups in total. The standard InChI is InChI=1S/C6H6ClNO/c1-9-6-3-2-5(7)4-8-6/h2-4H,1H3/i1D3. The van der Waals surface area contributed by atoms with Gasteiger partial charge < -0.3 is 4.74 Å². The molecule has 0 aliphatic heterocycles. The Morgan fingerprint density at radius 1 is 1.78 bits per heavy atom. The summed E-state index contributed by atoms with van der Waals surface area (Å²) < 4.78 is 24.8. The van der Waals surface area contributed by atoms with E-state index < -0.39 is 7.04 Å². The summed E-state index contributed by atoms with van der Waals surface area (Å²) in [4.78, 5) is 3.65. The lowest BCUT2D eigenvalue weighted by Crippen LogP contribution is -1.84. The van der Waals surface area contributed by atoms with Gasteiger partial charge in [0.2, 0.25) is 5.88 Å². The lowest BCUT2D eigenvalue weighted by atomic mass is 10.5. The van der Waals surface area contributed by atoms with Gasteiger partial charge in [0, 0.05) is 12.3 Å². The first-order valence-corrected chi connectivity index (χ1v) is 2.66. The highest BCUT2D eigenvalue weighted by Gasteiger charge is 1.88. The largest absolute Gasteiger partial charge is 0.481 e. The summed E-state index contributed by atoms with van der Waals surface area (Å²) in [6.07, 6.45) is 1.32. The molecular weight excluding hydrogens is 138 g/mol. The Morgan fingerprint density at radius 2 is 2.67 bits per heavy atom. The number of aromatic nitrogens is 1. The summed E-state index contributed by atoms with van der Waals surface area (Å²) in [6, 6.07) is 2.91. The van der Waals surface area contributed by atoms with Crippen molar-refractivity contribution >= 4 is 11.6 Å². The molecule has 0 radical (unpaired) electrons. The van der Waals surface area contributed by atoms with Crippen LogP contribution in [0.2, 0.25) is 5.02 Å².